The number of thioether (sulfide) groups is 1. The van der Waals surface area contributed by atoms with E-state index in [1.165, 1.54) is 11.8 Å². The van der Waals surface area contributed by atoms with Crippen molar-refractivity contribution in [2.45, 2.75) is 142 Å². The molecule has 0 heterocycles. The van der Waals surface area contributed by atoms with Crippen molar-refractivity contribution in [1.29, 1.82) is 0 Å². The summed E-state index contributed by atoms with van der Waals surface area (Å²) in [4.78, 5) is 25.4. The molecule has 2 aromatic carbocycles. The average Bonchev–Trinajstić information content (AvgIpc) is 2.85. The summed E-state index contributed by atoms with van der Waals surface area (Å²) in [6.07, 6.45) is 0.531. The van der Waals surface area contributed by atoms with Crippen molar-refractivity contribution in [3.05, 3.63) is 57.6 Å². The van der Waals surface area contributed by atoms with Crippen LogP contribution in [0.3, 0.4) is 0 Å². The van der Waals surface area contributed by atoms with Crippen molar-refractivity contribution in [3.63, 3.8) is 0 Å². The zero-order chi connectivity index (χ0) is 35.1. The first-order chi connectivity index (χ1) is 20.1. The Morgan fingerprint density at radius 3 is 0.933 bits per heavy atom. The topological polar surface area (TPSA) is 121 Å². The van der Waals surface area contributed by atoms with Gasteiger partial charge in [0.25, 0.3) is 0 Å². The van der Waals surface area contributed by atoms with Gasteiger partial charge in [-0.2, -0.15) is 11.8 Å². The van der Waals surface area contributed by atoms with Gasteiger partial charge in [0.2, 0.25) is 0 Å². The minimum absolute atomic E-state index is 0.189. The van der Waals surface area contributed by atoms with E-state index in [4.69, 9.17) is 0 Å². The molecule has 2 unspecified atom stereocenters. The summed E-state index contributed by atoms with van der Waals surface area (Å²) >= 11 is 1.50. The van der Waals surface area contributed by atoms with Crippen molar-refractivity contribution in [2.24, 2.45) is 0 Å². The summed E-state index contributed by atoms with van der Waals surface area (Å²) < 4.78 is 0. The number of carboxylic acid groups (broad SMARTS) is 2. The van der Waals surface area contributed by atoms with E-state index in [-0.39, 0.29) is 24.3 Å². The summed E-state index contributed by atoms with van der Waals surface area (Å²) in [6, 6.07) is 7.18. The Bertz CT molecular complexity index is 1240. The fourth-order valence-electron chi connectivity index (χ4n) is 5.58. The summed E-state index contributed by atoms with van der Waals surface area (Å²) in [5, 5.41) is 47.7. The van der Waals surface area contributed by atoms with Gasteiger partial charge in [-0.05, 0) is 79.4 Å². The molecule has 6 nitrogen and oxygen atoms in total. The van der Waals surface area contributed by atoms with Crippen molar-refractivity contribution in [1.82, 2.24) is 0 Å². The third-order valence-corrected chi connectivity index (χ3v) is 10.1. The number of carbonyl (C=O) groups is 2. The molecule has 2 atom stereocenters. The second kappa shape index (κ2) is 12.8. The number of phenolic OH excluding ortho intramolecular Hbond substituents is 2. The summed E-state index contributed by atoms with van der Waals surface area (Å²) in [5.74, 6) is -1.09. The molecule has 0 saturated heterocycles. The second-order valence-corrected chi connectivity index (χ2v) is 18.4. The van der Waals surface area contributed by atoms with E-state index in [2.05, 4.69) is 0 Å². The van der Waals surface area contributed by atoms with Crippen molar-refractivity contribution in [2.75, 3.05) is 11.5 Å². The molecule has 0 spiro atoms. The van der Waals surface area contributed by atoms with Crippen LogP contribution in [0.15, 0.2) is 24.3 Å². The van der Waals surface area contributed by atoms with Crippen LogP contribution in [0.2, 0.25) is 0 Å². The highest BCUT2D eigenvalue weighted by Crippen LogP contribution is 2.45. The predicted octanol–water partition coefficient (Wildman–Crippen LogP) is 6.52. The van der Waals surface area contributed by atoms with Gasteiger partial charge in [0.05, 0.1) is 11.9 Å². The van der Waals surface area contributed by atoms with Gasteiger partial charge < -0.3 is 30.0 Å². The van der Waals surface area contributed by atoms with Crippen molar-refractivity contribution < 1.29 is 30.0 Å². The highest BCUT2D eigenvalue weighted by Gasteiger charge is 2.36. The number of rotatable bonds is 10. The quantitative estimate of drug-likeness (QED) is 0.284. The van der Waals surface area contributed by atoms with Crippen LogP contribution in [0.4, 0.5) is 0 Å². The summed E-state index contributed by atoms with van der Waals surface area (Å²) in [5.41, 5.74) is -0.363. The number of aromatic hydroxyl groups is 2. The lowest BCUT2D eigenvalue weighted by Crippen LogP contribution is -2.45. The maximum Gasteiger partial charge on any atom is 0.123 e. The standard InChI is InChI=1S/C38H58O6S/c1-33(2,3)25-19-23(20-26(29(25)39)34(4,5)6)37(13,31(41)42)15-17-45-18-16-38(14,32(43)44)24-21-27(35(7,8)9)30(40)28(22-24)36(10,11)12/h19-22,39-40H,15-18H2,1-14H3,(H,41,42)(H,43,44)/p-2. The van der Waals surface area contributed by atoms with Crippen LogP contribution in [-0.2, 0) is 42.1 Å². The van der Waals surface area contributed by atoms with Crippen LogP contribution >= 0.6 is 11.8 Å². The van der Waals surface area contributed by atoms with Gasteiger partial charge in [-0.15, -0.1) is 0 Å². The van der Waals surface area contributed by atoms with Gasteiger partial charge in [-0.25, -0.2) is 0 Å². The molecule has 45 heavy (non-hydrogen) atoms. The third-order valence-electron chi connectivity index (χ3n) is 9.12. The predicted molar refractivity (Wildman–Crippen MR) is 182 cm³/mol. The SMILES string of the molecule is CC(C)(C)c1cc(C(C)(CCSCCC(C)(C(=O)[O-])c2cc(C(C)(C)C)c(O)c(C(C)(C)C)c2)C(=O)[O-])cc(C(C)(C)C)c1O. The minimum Gasteiger partial charge on any atom is -0.549 e. The van der Waals surface area contributed by atoms with Gasteiger partial charge in [0, 0.05) is 10.8 Å². The molecular formula is C38H56O6S-2. The highest BCUT2D eigenvalue weighted by atomic mass is 32.2. The van der Waals surface area contributed by atoms with Crippen LogP contribution in [0, 0.1) is 0 Å². The lowest BCUT2D eigenvalue weighted by Gasteiger charge is -2.36. The molecule has 0 bridgehead atoms. The fourth-order valence-corrected chi connectivity index (χ4v) is 6.89. The van der Waals surface area contributed by atoms with Crippen LogP contribution < -0.4 is 10.2 Å². The lowest BCUT2D eigenvalue weighted by atomic mass is 9.72. The first kappa shape index (κ1) is 38.5. The maximum atomic E-state index is 12.7. The van der Waals surface area contributed by atoms with E-state index in [0.29, 0.717) is 44.9 Å². The molecule has 0 aromatic heterocycles. The van der Waals surface area contributed by atoms with E-state index in [1.807, 2.05) is 83.1 Å². The first-order valence-corrected chi connectivity index (χ1v) is 17.0. The largest absolute Gasteiger partial charge is 0.549 e. The number of carboxylic acids is 2. The summed E-state index contributed by atoms with van der Waals surface area (Å²) in [6.45, 7) is 27.2. The molecule has 0 aliphatic rings. The van der Waals surface area contributed by atoms with Gasteiger partial charge in [-0.3, -0.25) is 0 Å². The number of benzene rings is 2. The fraction of sp³-hybridized carbons (Fsp3) is 0.632. The molecule has 0 aliphatic heterocycles. The van der Waals surface area contributed by atoms with Gasteiger partial charge in [0.1, 0.15) is 11.5 Å². The minimum atomic E-state index is -1.32. The molecular weight excluding hydrogens is 584 g/mol. The molecule has 2 aromatic rings. The molecule has 252 valence electrons. The monoisotopic (exact) mass is 640 g/mol. The first-order valence-electron chi connectivity index (χ1n) is 15.9. The Morgan fingerprint density at radius 1 is 0.533 bits per heavy atom. The third kappa shape index (κ3) is 8.38. The smallest absolute Gasteiger partial charge is 0.123 e. The number of phenols is 2. The van der Waals surface area contributed by atoms with Gasteiger partial charge in [0.15, 0.2) is 0 Å². The molecule has 2 N–H and O–H groups in total. The van der Waals surface area contributed by atoms with Gasteiger partial charge >= 0.3 is 0 Å². The number of carbonyl (C=O) groups excluding carboxylic acids is 2. The van der Waals surface area contributed by atoms with Crippen LogP contribution in [0.5, 0.6) is 11.5 Å². The Labute approximate surface area is 276 Å². The van der Waals surface area contributed by atoms with E-state index in [0.717, 1.165) is 0 Å². The summed E-state index contributed by atoms with van der Waals surface area (Å²) in [7, 11) is 0. The van der Waals surface area contributed by atoms with E-state index >= 15 is 0 Å². The van der Waals surface area contributed by atoms with Crippen LogP contribution in [0.1, 0.15) is 143 Å². The zero-order valence-corrected chi connectivity index (χ0v) is 30.9. The van der Waals surface area contributed by atoms with E-state index in [1.54, 1.807) is 38.1 Å². The second-order valence-electron chi connectivity index (χ2n) is 17.2. The zero-order valence-electron chi connectivity index (χ0n) is 30.1. The van der Waals surface area contributed by atoms with Crippen molar-refractivity contribution >= 4 is 23.7 Å². The van der Waals surface area contributed by atoms with E-state index in [9.17, 15) is 30.0 Å². The van der Waals surface area contributed by atoms with Crippen LogP contribution in [-0.4, -0.2) is 33.7 Å². The molecule has 0 aliphatic carbocycles. The van der Waals surface area contributed by atoms with Crippen molar-refractivity contribution in [3.8, 4) is 11.5 Å². The van der Waals surface area contributed by atoms with E-state index < -0.39 is 44.4 Å². The van der Waals surface area contributed by atoms with Crippen LogP contribution in [0.25, 0.3) is 0 Å². The molecule has 0 saturated carbocycles. The Morgan fingerprint density at radius 2 is 0.756 bits per heavy atom. The highest BCUT2D eigenvalue weighted by molar-refractivity contribution is 7.99. The molecule has 0 fully saturated rings. The average molecular weight is 641 g/mol. The molecule has 0 amide bonds. The Hall–Kier alpha value is -2.67. The van der Waals surface area contributed by atoms with Gasteiger partial charge in [-0.1, -0.05) is 121 Å². The normalized spacial score (nSPS) is 15.8. The Kier molecular flexibility index (Phi) is 11.0. The Balaban J connectivity index is 2.41. The number of aliphatic carboxylic acids is 2. The number of hydrogen-bond acceptors (Lipinski definition) is 7. The molecule has 7 heteroatoms. The molecule has 2 rings (SSSR count). The number of hydrogen-bond donors (Lipinski definition) is 2. The lowest BCUT2D eigenvalue weighted by molar-refractivity contribution is -0.314. The maximum absolute atomic E-state index is 12.7. The molecule has 0 radical (unpaired) electrons.